The number of alkyl halides is 2. The van der Waals surface area contributed by atoms with E-state index in [4.69, 9.17) is 4.74 Å². The summed E-state index contributed by atoms with van der Waals surface area (Å²) < 4.78 is 33.9. The van der Waals surface area contributed by atoms with E-state index in [1.54, 1.807) is 36.4 Å². The summed E-state index contributed by atoms with van der Waals surface area (Å²) in [5, 5.41) is 5.57. The zero-order chi connectivity index (χ0) is 21.7. The van der Waals surface area contributed by atoms with E-state index < -0.39 is 24.4 Å². The zero-order valence-corrected chi connectivity index (χ0v) is 17.7. The second-order valence-corrected chi connectivity index (χ2v) is 8.22. The van der Waals surface area contributed by atoms with Crippen LogP contribution in [0.2, 0.25) is 0 Å². The number of halogens is 2. The maximum atomic E-state index is 14.4. The third-order valence-electron chi connectivity index (χ3n) is 4.76. The molecule has 1 unspecified atom stereocenters. The molecular formula is C20H24F2N4O3S. The van der Waals surface area contributed by atoms with Gasteiger partial charge in [-0.05, 0) is 25.3 Å². The zero-order valence-electron chi connectivity index (χ0n) is 16.9. The molecule has 0 saturated carbocycles. The number of thiazole rings is 1. The average Bonchev–Trinajstić information content (AvgIpc) is 3.21. The number of aliphatic imine (C=N–C) groups is 1. The van der Waals surface area contributed by atoms with Crippen molar-refractivity contribution in [2.75, 3.05) is 32.8 Å². The van der Waals surface area contributed by atoms with Crippen LogP contribution in [0.15, 0.2) is 39.5 Å². The van der Waals surface area contributed by atoms with Crippen molar-refractivity contribution in [3.05, 3.63) is 39.5 Å². The number of amidine groups is 1. The molecule has 2 aliphatic heterocycles. The van der Waals surface area contributed by atoms with Crippen molar-refractivity contribution < 1.29 is 23.1 Å². The van der Waals surface area contributed by atoms with Crippen LogP contribution in [0.4, 0.5) is 8.78 Å². The van der Waals surface area contributed by atoms with Crippen molar-refractivity contribution in [3.63, 3.8) is 0 Å². The van der Waals surface area contributed by atoms with E-state index in [0.717, 1.165) is 0 Å². The highest BCUT2D eigenvalue weighted by atomic mass is 32.1. The number of rotatable bonds is 7. The van der Waals surface area contributed by atoms with Gasteiger partial charge in [-0.15, -0.1) is 11.3 Å². The summed E-state index contributed by atoms with van der Waals surface area (Å²) in [5.74, 6) is -3.36. The predicted octanol–water partition coefficient (Wildman–Crippen LogP) is 2.41. The quantitative estimate of drug-likeness (QED) is 0.400. The summed E-state index contributed by atoms with van der Waals surface area (Å²) in [6.45, 7) is 3.64. The van der Waals surface area contributed by atoms with Crippen LogP contribution in [0, 0.1) is 5.92 Å². The topological polar surface area (TPSA) is 83.9 Å². The van der Waals surface area contributed by atoms with Crippen LogP contribution >= 0.6 is 11.3 Å². The first-order chi connectivity index (χ1) is 14.3. The molecule has 1 aromatic heterocycles. The van der Waals surface area contributed by atoms with Gasteiger partial charge >= 0.3 is 5.97 Å². The molecule has 1 N–H and O–H groups in total. The third kappa shape index (κ3) is 5.57. The van der Waals surface area contributed by atoms with Crippen LogP contribution in [0.1, 0.15) is 25.3 Å². The van der Waals surface area contributed by atoms with Gasteiger partial charge in [-0.25, -0.2) is 18.6 Å². The van der Waals surface area contributed by atoms with Crippen LogP contribution in [-0.2, 0) is 14.3 Å². The molecule has 2 aliphatic rings. The van der Waals surface area contributed by atoms with Gasteiger partial charge in [0, 0.05) is 36.8 Å². The molecular weight excluding hydrogens is 414 g/mol. The highest BCUT2D eigenvalue weighted by molar-refractivity contribution is 7.11. The largest absolute Gasteiger partial charge is 0.463 e. The number of allylic oxidation sites excluding steroid dienone is 1. The van der Waals surface area contributed by atoms with Gasteiger partial charge in [-0.2, -0.15) is 0 Å². The van der Waals surface area contributed by atoms with Gasteiger partial charge in [-0.3, -0.25) is 14.7 Å². The Morgan fingerprint density at radius 1 is 1.50 bits per heavy atom. The fraction of sp³-hybridized carbons (Fsp3) is 0.500. The molecule has 1 saturated heterocycles. The standard InChI is InChI=1S/C20H24F2N4O3S/c1-3-29-19(28)15-8-24-17(18-23-4-5-30-18)25-16(15)10-26-9-14(6-13(2)11-27)7-20(21,22)12-26/h4-6,11,14H,3,7-10,12H2,1-2H3,(H,24,25)/b13-6+. The summed E-state index contributed by atoms with van der Waals surface area (Å²) in [6, 6.07) is 0. The maximum absolute atomic E-state index is 14.4. The van der Waals surface area contributed by atoms with Crippen molar-refractivity contribution in [2.24, 2.45) is 10.9 Å². The van der Waals surface area contributed by atoms with Crippen molar-refractivity contribution in [1.29, 1.82) is 0 Å². The van der Waals surface area contributed by atoms with E-state index in [9.17, 15) is 18.4 Å². The molecule has 0 aliphatic carbocycles. The van der Waals surface area contributed by atoms with Crippen molar-refractivity contribution >= 4 is 29.4 Å². The number of carbonyl (C=O) groups excluding carboxylic acids is 2. The molecule has 1 aromatic rings. The first kappa shape index (κ1) is 22.2. The lowest BCUT2D eigenvalue weighted by Crippen LogP contribution is -2.49. The Balaban J connectivity index is 1.83. The summed E-state index contributed by atoms with van der Waals surface area (Å²) in [6.07, 6.45) is 3.59. The van der Waals surface area contributed by atoms with E-state index in [1.807, 2.05) is 0 Å². The van der Waals surface area contributed by atoms with E-state index in [-0.39, 0.29) is 26.1 Å². The smallest absolute Gasteiger partial charge is 0.337 e. The highest BCUT2D eigenvalue weighted by Gasteiger charge is 2.40. The monoisotopic (exact) mass is 438 g/mol. The van der Waals surface area contributed by atoms with Crippen LogP contribution < -0.4 is 5.32 Å². The summed E-state index contributed by atoms with van der Waals surface area (Å²) in [7, 11) is 0. The van der Waals surface area contributed by atoms with E-state index in [0.29, 0.717) is 40.5 Å². The van der Waals surface area contributed by atoms with Crippen molar-refractivity contribution in [3.8, 4) is 0 Å². The first-order valence-corrected chi connectivity index (χ1v) is 10.5. The molecule has 162 valence electrons. The lowest BCUT2D eigenvalue weighted by atomic mass is 9.93. The van der Waals surface area contributed by atoms with E-state index >= 15 is 0 Å². The number of piperidine rings is 1. The molecule has 0 aromatic carbocycles. The molecule has 3 heterocycles. The van der Waals surface area contributed by atoms with Crippen molar-refractivity contribution in [1.82, 2.24) is 15.2 Å². The van der Waals surface area contributed by atoms with Gasteiger partial charge < -0.3 is 10.1 Å². The van der Waals surface area contributed by atoms with Crippen LogP contribution in [0.5, 0.6) is 0 Å². The number of carbonyl (C=O) groups is 2. The normalized spacial score (nSPS) is 22.3. The minimum Gasteiger partial charge on any atom is -0.463 e. The maximum Gasteiger partial charge on any atom is 0.337 e. The molecule has 10 heteroatoms. The van der Waals surface area contributed by atoms with Gasteiger partial charge in [0.25, 0.3) is 5.92 Å². The Kier molecular flexibility index (Phi) is 7.09. The molecule has 1 fully saturated rings. The fourth-order valence-corrected chi connectivity index (χ4v) is 4.22. The van der Waals surface area contributed by atoms with Gasteiger partial charge in [0.2, 0.25) is 0 Å². The number of aromatic nitrogens is 1. The van der Waals surface area contributed by atoms with Crippen molar-refractivity contribution in [2.45, 2.75) is 26.2 Å². The van der Waals surface area contributed by atoms with Crippen LogP contribution in [-0.4, -0.2) is 66.7 Å². The van der Waals surface area contributed by atoms with Crippen LogP contribution in [0.3, 0.4) is 0 Å². The molecule has 0 amide bonds. The molecule has 0 radical (unpaired) electrons. The number of ether oxygens (including phenoxy) is 1. The third-order valence-corrected chi connectivity index (χ3v) is 5.54. The van der Waals surface area contributed by atoms with Gasteiger partial charge in [-0.1, -0.05) is 6.08 Å². The molecule has 7 nitrogen and oxygen atoms in total. The Morgan fingerprint density at radius 2 is 2.30 bits per heavy atom. The van der Waals surface area contributed by atoms with E-state index in [2.05, 4.69) is 15.3 Å². The van der Waals surface area contributed by atoms with Gasteiger partial charge in [0.05, 0.1) is 25.3 Å². The Morgan fingerprint density at radius 3 is 2.97 bits per heavy atom. The summed E-state index contributed by atoms with van der Waals surface area (Å²) in [4.78, 5) is 33.5. The number of hydrogen-bond acceptors (Lipinski definition) is 8. The number of likely N-dealkylation sites (tertiary alicyclic amines) is 1. The van der Waals surface area contributed by atoms with Crippen LogP contribution in [0.25, 0.3) is 0 Å². The first-order valence-electron chi connectivity index (χ1n) is 9.65. The molecule has 0 bridgehead atoms. The number of esters is 1. The Bertz CT molecular complexity index is 881. The Labute approximate surface area is 177 Å². The minimum atomic E-state index is -2.89. The molecule has 30 heavy (non-hydrogen) atoms. The molecule has 1 atom stereocenters. The number of aldehydes is 1. The second-order valence-electron chi connectivity index (χ2n) is 7.32. The number of hydrogen-bond donors (Lipinski definition) is 1. The highest BCUT2D eigenvalue weighted by Crippen LogP contribution is 2.32. The SMILES string of the molecule is CCOC(=O)C1=C(CN2CC(/C=C(\C)C=O)CC(F)(F)C2)NC(c2nccs2)=NC1. The molecule has 0 spiro atoms. The van der Waals surface area contributed by atoms with E-state index in [1.165, 1.54) is 11.3 Å². The van der Waals surface area contributed by atoms with Gasteiger partial charge in [0.1, 0.15) is 6.29 Å². The molecule has 3 rings (SSSR count). The number of nitrogens with zero attached hydrogens (tertiary/aromatic N) is 3. The van der Waals surface area contributed by atoms with Gasteiger partial charge in [0.15, 0.2) is 10.8 Å². The lowest BCUT2D eigenvalue weighted by molar-refractivity contribution is -0.138. The minimum absolute atomic E-state index is 0.0912. The average molecular weight is 439 g/mol. The number of nitrogens with one attached hydrogen (secondary N) is 1. The summed E-state index contributed by atoms with van der Waals surface area (Å²) in [5.41, 5.74) is 1.24. The summed E-state index contributed by atoms with van der Waals surface area (Å²) >= 11 is 1.39. The second kappa shape index (κ2) is 9.57. The predicted molar refractivity (Wildman–Crippen MR) is 110 cm³/mol. The fourth-order valence-electron chi connectivity index (χ4n) is 3.62. The lowest BCUT2D eigenvalue weighted by Gasteiger charge is -2.37. The Hall–Kier alpha value is -2.46.